The lowest BCUT2D eigenvalue weighted by Crippen LogP contribution is -2.48. The van der Waals surface area contributed by atoms with Crippen LogP contribution in [0.3, 0.4) is 0 Å². The highest BCUT2D eigenvalue weighted by Gasteiger charge is 2.34. The summed E-state index contributed by atoms with van der Waals surface area (Å²) in [4.78, 5) is 17.3. The molecule has 2 fully saturated rings. The third-order valence-corrected chi connectivity index (χ3v) is 6.04. The molecule has 1 aromatic rings. The number of piperidine rings is 1. The van der Waals surface area contributed by atoms with Gasteiger partial charge in [-0.3, -0.25) is 9.69 Å². The van der Waals surface area contributed by atoms with E-state index < -0.39 is 0 Å². The number of nitrogens with one attached hydrogen (secondary N) is 1. The van der Waals surface area contributed by atoms with Gasteiger partial charge >= 0.3 is 0 Å². The smallest absolute Gasteiger partial charge is 0.234 e. The van der Waals surface area contributed by atoms with Gasteiger partial charge in [-0.05, 0) is 44.7 Å². The van der Waals surface area contributed by atoms with Crippen molar-refractivity contribution in [3.63, 3.8) is 0 Å². The minimum Gasteiger partial charge on any atom is -0.352 e. The van der Waals surface area contributed by atoms with Crippen LogP contribution < -0.4 is 11.1 Å². The van der Waals surface area contributed by atoms with E-state index in [4.69, 9.17) is 5.73 Å². The van der Waals surface area contributed by atoms with Crippen molar-refractivity contribution in [2.45, 2.75) is 44.7 Å². The number of amides is 1. The second kappa shape index (κ2) is 12.0. The van der Waals surface area contributed by atoms with Crippen LogP contribution in [0.2, 0.25) is 0 Å². The molecule has 0 saturated carbocycles. The van der Waals surface area contributed by atoms with Crippen LogP contribution >= 0.6 is 24.8 Å². The first-order valence-corrected chi connectivity index (χ1v) is 10.1. The first-order valence-electron chi connectivity index (χ1n) is 10.1. The molecule has 0 aromatic heterocycles. The number of rotatable bonds is 6. The Bertz CT molecular complexity index is 579. The Kier molecular flexibility index (Phi) is 10.8. The molecule has 7 heteroatoms. The molecule has 2 aliphatic rings. The third-order valence-electron chi connectivity index (χ3n) is 6.04. The number of halogens is 2. The van der Waals surface area contributed by atoms with Crippen LogP contribution in [-0.2, 0) is 4.79 Å². The van der Waals surface area contributed by atoms with E-state index in [9.17, 15) is 4.79 Å². The molecule has 0 unspecified atom stereocenters. The molecule has 0 aliphatic carbocycles. The summed E-state index contributed by atoms with van der Waals surface area (Å²) in [5, 5.41) is 3.25. The number of benzene rings is 1. The molecule has 0 spiro atoms. The van der Waals surface area contributed by atoms with Gasteiger partial charge in [0.1, 0.15) is 0 Å². The fourth-order valence-corrected chi connectivity index (χ4v) is 4.44. The Labute approximate surface area is 182 Å². The lowest BCUT2D eigenvalue weighted by atomic mass is 9.89. The van der Waals surface area contributed by atoms with Crippen molar-refractivity contribution in [3.8, 4) is 0 Å². The van der Waals surface area contributed by atoms with Gasteiger partial charge < -0.3 is 16.0 Å². The van der Waals surface area contributed by atoms with Crippen LogP contribution in [0.5, 0.6) is 0 Å². The van der Waals surface area contributed by atoms with E-state index in [1.165, 1.54) is 5.56 Å². The molecule has 0 radical (unpaired) electrons. The monoisotopic (exact) mass is 430 g/mol. The van der Waals surface area contributed by atoms with Crippen molar-refractivity contribution in [2.24, 2.45) is 11.7 Å². The number of hydrogen-bond donors (Lipinski definition) is 2. The highest BCUT2D eigenvalue weighted by Crippen LogP contribution is 2.31. The molecule has 28 heavy (non-hydrogen) atoms. The number of hydrogen-bond acceptors (Lipinski definition) is 4. The second-order valence-corrected chi connectivity index (χ2v) is 8.18. The standard InChI is InChI=1S/C21H34N4O.2ClH/c1-16(2)25-10-8-19(9-11-25)23-21(26)15-24-13-18(12-22)20(14-24)17-6-4-3-5-7-17;;/h3-7,16,18-20H,8-15,22H2,1-2H3,(H,23,26);2*1H/t18-,20+;;/m1../s1. The maximum atomic E-state index is 12.5. The molecule has 2 atom stereocenters. The maximum absolute atomic E-state index is 12.5. The molecular formula is C21H36Cl2N4O. The van der Waals surface area contributed by atoms with Crippen LogP contribution in [0.1, 0.15) is 38.2 Å². The molecule has 3 N–H and O–H groups in total. The van der Waals surface area contributed by atoms with E-state index >= 15 is 0 Å². The summed E-state index contributed by atoms with van der Waals surface area (Å²) in [5.74, 6) is 1.03. The largest absolute Gasteiger partial charge is 0.352 e. The number of carbonyl (C=O) groups excluding carboxylic acids is 1. The summed E-state index contributed by atoms with van der Waals surface area (Å²) in [6.07, 6.45) is 2.12. The van der Waals surface area contributed by atoms with Gasteiger partial charge in [0.05, 0.1) is 6.54 Å². The molecule has 5 nitrogen and oxygen atoms in total. The number of nitrogens with two attached hydrogens (primary N) is 1. The highest BCUT2D eigenvalue weighted by molar-refractivity contribution is 5.85. The summed E-state index contributed by atoms with van der Waals surface area (Å²) in [6.45, 7) is 9.64. The molecule has 1 amide bonds. The van der Waals surface area contributed by atoms with Gasteiger partial charge in [-0.2, -0.15) is 0 Å². The highest BCUT2D eigenvalue weighted by atomic mass is 35.5. The van der Waals surface area contributed by atoms with Gasteiger partial charge in [-0.25, -0.2) is 0 Å². The Morgan fingerprint density at radius 3 is 2.36 bits per heavy atom. The molecule has 0 bridgehead atoms. The molecule has 1 aromatic carbocycles. The van der Waals surface area contributed by atoms with Crippen molar-refractivity contribution in [3.05, 3.63) is 35.9 Å². The quantitative estimate of drug-likeness (QED) is 0.727. The lowest BCUT2D eigenvalue weighted by molar-refractivity contribution is -0.123. The molecule has 3 rings (SSSR count). The van der Waals surface area contributed by atoms with Crippen LogP contribution in [0, 0.1) is 5.92 Å². The van der Waals surface area contributed by atoms with Crippen molar-refractivity contribution >= 4 is 30.7 Å². The molecular weight excluding hydrogens is 395 g/mol. The van der Waals surface area contributed by atoms with E-state index in [2.05, 4.69) is 53.2 Å². The average molecular weight is 431 g/mol. The Balaban J connectivity index is 0.00000196. The topological polar surface area (TPSA) is 61.6 Å². The fourth-order valence-electron chi connectivity index (χ4n) is 4.44. The Morgan fingerprint density at radius 1 is 1.14 bits per heavy atom. The minimum absolute atomic E-state index is 0. The van der Waals surface area contributed by atoms with Crippen molar-refractivity contribution in [2.75, 3.05) is 39.3 Å². The summed E-state index contributed by atoms with van der Waals surface area (Å²) >= 11 is 0. The molecule has 2 aliphatic heterocycles. The Hall–Kier alpha value is -0.850. The maximum Gasteiger partial charge on any atom is 0.234 e. The van der Waals surface area contributed by atoms with Gasteiger partial charge in [0.15, 0.2) is 0 Å². The van der Waals surface area contributed by atoms with E-state index in [1.807, 2.05) is 6.07 Å². The molecule has 2 heterocycles. The minimum atomic E-state index is 0. The average Bonchev–Trinajstić information content (AvgIpc) is 3.05. The van der Waals surface area contributed by atoms with Crippen LogP contribution in [0.15, 0.2) is 30.3 Å². The summed E-state index contributed by atoms with van der Waals surface area (Å²) in [7, 11) is 0. The number of likely N-dealkylation sites (tertiary alicyclic amines) is 2. The number of nitrogens with zero attached hydrogens (tertiary/aromatic N) is 2. The predicted octanol–water partition coefficient (Wildman–Crippen LogP) is 2.49. The zero-order valence-corrected chi connectivity index (χ0v) is 18.7. The predicted molar refractivity (Wildman–Crippen MR) is 121 cm³/mol. The molecule has 160 valence electrons. The van der Waals surface area contributed by atoms with Crippen LogP contribution in [0.4, 0.5) is 0 Å². The first kappa shape index (κ1) is 25.2. The zero-order chi connectivity index (χ0) is 18.5. The first-order chi connectivity index (χ1) is 12.6. The zero-order valence-electron chi connectivity index (χ0n) is 17.0. The molecule has 2 saturated heterocycles. The van der Waals surface area contributed by atoms with Gasteiger partial charge in [-0.15, -0.1) is 24.8 Å². The van der Waals surface area contributed by atoms with Crippen molar-refractivity contribution in [1.82, 2.24) is 15.1 Å². The number of carbonyl (C=O) groups is 1. The van der Waals surface area contributed by atoms with Crippen LogP contribution in [-0.4, -0.2) is 67.1 Å². The summed E-state index contributed by atoms with van der Waals surface area (Å²) in [5.41, 5.74) is 7.35. The normalized spacial score (nSPS) is 23.9. The van der Waals surface area contributed by atoms with Crippen molar-refractivity contribution < 1.29 is 4.79 Å². The summed E-state index contributed by atoms with van der Waals surface area (Å²) < 4.78 is 0. The van der Waals surface area contributed by atoms with E-state index in [0.29, 0.717) is 37.0 Å². The van der Waals surface area contributed by atoms with E-state index in [1.54, 1.807) is 0 Å². The van der Waals surface area contributed by atoms with Gasteiger partial charge in [0, 0.05) is 44.2 Å². The van der Waals surface area contributed by atoms with Gasteiger partial charge in [0.25, 0.3) is 0 Å². The second-order valence-electron chi connectivity index (χ2n) is 8.18. The van der Waals surface area contributed by atoms with Crippen molar-refractivity contribution in [1.29, 1.82) is 0 Å². The lowest BCUT2D eigenvalue weighted by Gasteiger charge is -2.35. The van der Waals surface area contributed by atoms with E-state index in [0.717, 1.165) is 39.0 Å². The third kappa shape index (κ3) is 6.60. The van der Waals surface area contributed by atoms with E-state index in [-0.39, 0.29) is 30.7 Å². The van der Waals surface area contributed by atoms with Crippen LogP contribution in [0.25, 0.3) is 0 Å². The fraction of sp³-hybridized carbons (Fsp3) is 0.667. The SMILES string of the molecule is CC(C)N1CCC(NC(=O)CN2C[C@@H](CN)[C@H](c3ccccc3)C2)CC1.Cl.Cl. The summed E-state index contributed by atoms with van der Waals surface area (Å²) in [6, 6.07) is 11.5. The Morgan fingerprint density at radius 2 is 1.79 bits per heavy atom. The van der Waals surface area contributed by atoms with Gasteiger partial charge in [0.2, 0.25) is 5.91 Å². The van der Waals surface area contributed by atoms with Gasteiger partial charge in [-0.1, -0.05) is 30.3 Å².